The number of halogens is 3. The molecule has 0 bridgehead atoms. The minimum absolute atomic E-state index is 0.0717. The highest BCUT2D eigenvalue weighted by Crippen LogP contribution is 2.21. The van der Waals surface area contributed by atoms with E-state index in [0.29, 0.717) is 38.1 Å². The molecular weight excluding hydrogens is 313 g/mol. The van der Waals surface area contributed by atoms with Gasteiger partial charge in [-0.25, -0.2) is 13.2 Å². The van der Waals surface area contributed by atoms with Crippen LogP contribution in [0.1, 0.15) is 19.8 Å². The SMILES string of the molecule is CC(O)C1CCN(C(=O)C(=O)Nc2cc(F)c(F)c(F)c2)CC1. The van der Waals surface area contributed by atoms with E-state index in [1.807, 2.05) is 0 Å². The number of carbonyl (C=O) groups excluding carboxylic acids is 2. The molecule has 1 unspecified atom stereocenters. The molecule has 1 aromatic carbocycles. The number of hydrogen-bond acceptors (Lipinski definition) is 3. The Labute approximate surface area is 131 Å². The van der Waals surface area contributed by atoms with E-state index in [4.69, 9.17) is 0 Å². The van der Waals surface area contributed by atoms with E-state index in [-0.39, 0.29) is 11.6 Å². The average Bonchev–Trinajstić information content (AvgIpc) is 2.51. The lowest BCUT2D eigenvalue weighted by Gasteiger charge is -2.32. The van der Waals surface area contributed by atoms with Crippen LogP contribution in [0.25, 0.3) is 0 Å². The van der Waals surface area contributed by atoms with Crippen LogP contribution in [-0.4, -0.2) is 41.0 Å². The largest absolute Gasteiger partial charge is 0.393 e. The second-order valence-electron chi connectivity index (χ2n) is 5.58. The quantitative estimate of drug-likeness (QED) is 0.640. The van der Waals surface area contributed by atoms with E-state index in [9.17, 15) is 27.9 Å². The zero-order chi connectivity index (χ0) is 17.1. The minimum atomic E-state index is -1.64. The van der Waals surface area contributed by atoms with Gasteiger partial charge in [-0.1, -0.05) is 0 Å². The van der Waals surface area contributed by atoms with E-state index in [1.54, 1.807) is 6.92 Å². The summed E-state index contributed by atoms with van der Waals surface area (Å²) in [6.45, 7) is 2.30. The van der Waals surface area contributed by atoms with E-state index < -0.39 is 35.4 Å². The van der Waals surface area contributed by atoms with Crippen LogP contribution in [0.4, 0.5) is 18.9 Å². The molecule has 0 aromatic heterocycles. The molecule has 1 fully saturated rings. The van der Waals surface area contributed by atoms with Gasteiger partial charge in [-0.3, -0.25) is 9.59 Å². The molecule has 1 aromatic rings. The molecule has 2 amide bonds. The molecule has 0 saturated carbocycles. The molecule has 8 heteroatoms. The second-order valence-corrected chi connectivity index (χ2v) is 5.58. The summed E-state index contributed by atoms with van der Waals surface area (Å²) in [6, 6.07) is 1.20. The summed E-state index contributed by atoms with van der Waals surface area (Å²) >= 11 is 0. The number of piperidine rings is 1. The predicted octanol–water partition coefficient (Wildman–Crippen LogP) is 1.66. The van der Waals surface area contributed by atoms with Gasteiger partial charge < -0.3 is 15.3 Å². The Morgan fingerprint density at radius 3 is 2.22 bits per heavy atom. The number of amides is 2. The molecular formula is C15H17F3N2O3. The maximum atomic E-state index is 13.1. The summed E-state index contributed by atoms with van der Waals surface area (Å²) < 4.78 is 39.0. The molecule has 1 aliphatic heterocycles. The smallest absolute Gasteiger partial charge is 0.313 e. The molecule has 0 radical (unpaired) electrons. The zero-order valence-electron chi connectivity index (χ0n) is 12.5. The van der Waals surface area contributed by atoms with Crippen molar-refractivity contribution in [3.63, 3.8) is 0 Å². The van der Waals surface area contributed by atoms with Gasteiger partial charge in [-0.15, -0.1) is 0 Å². The van der Waals surface area contributed by atoms with Gasteiger partial charge in [0.1, 0.15) is 0 Å². The molecule has 1 saturated heterocycles. The highest BCUT2D eigenvalue weighted by molar-refractivity contribution is 6.39. The minimum Gasteiger partial charge on any atom is -0.393 e. The van der Waals surface area contributed by atoms with Crippen molar-refractivity contribution in [2.45, 2.75) is 25.9 Å². The fourth-order valence-corrected chi connectivity index (χ4v) is 2.54. The Morgan fingerprint density at radius 1 is 1.22 bits per heavy atom. The highest BCUT2D eigenvalue weighted by atomic mass is 19.2. The van der Waals surface area contributed by atoms with Crippen LogP contribution >= 0.6 is 0 Å². The van der Waals surface area contributed by atoms with Crippen molar-refractivity contribution in [3.05, 3.63) is 29.6 Å². The molecule has 2 N–H and O–H groups in total. The third-order valence-corrected chi connectivity index (χ3v) is 3.94. The number of nitrogens with zero attached hydrogens (tertiary/aromatic N) is 1. The van der Waals surface area contributed by atoms with Crippen molar-refractivity contribution in [2.75, 3.05) is 18.4 Å². The normalized spacial score (nSPS) is 17.0. The van der Waals surface area contributed by atoms with Gasteiger partial charge in [0.25, 0.3) is 0 Å². The number of nitrogens with one attached hydrogen (secondary N) is 1. The van der Waals surface area contributed by atoms with E-state index >= 15 is 0 Å². The van der Waals surface area contributed by atoms with Gasteiger partial charge in [0.05, 0.1) is 6.10 Å². The van der Waals surface area contributed by atoms with Crippen LogP contribution in [0, 0.1) is 23.4 Å². The first-order chi connectivity index (χ1) is 10.8. The molecule has 126 valence electrons. The molecule has 0 aliphatic carbocycles. The topological polar surface area (TPSA) is 69.6 Å². The Kier molecular flexibility index (Phi) is 5.25. The Bertz CT molecular complexity index is 591. The van der Waals surface area contributed by atoms with Gasteiger partial charge in [0, 0.05) is 30.9 Å². The van der Waals surface area contributed by atoms with E-state index in [1.165, 1.54) is 4.90 Å². The lowest BCUT2D eigenvalue weighted by atomic mass is 9.92. The van der Waals surface area contributed by atoms with E-state index in [2.05, 4.69) is 5.32 Å². The fourth-order valence-electron chi connectivity index (χ4n) is 2.54. The second kappa shape index (κ2) is 6.99. The summed E-state index contributed by atoms with van der Waals surface area (Å²) in [5.41, 5.74) is -0.335. The zero-order valence-corrected chi connectivity index (χ0v) is 12.5. The average molecular weight is 330 g/mol. The maximum absolute atomic E-state index is 13.1. The van der Waals surface area contributed by atoms with Crippen LogP contribution in [0.15, 0.2) is 12.1 Å². The molecule has 1 aliphatic rings. The molecule has 0 spiro atoms. The summed E-state index contributed by atoms with van der Waals surface area (Å²) in [5, 5.41) is 11.6. The lowest BCUT2D eigenvalue weighted by Crippen LogP contribution is -2.45. The Balaban J connectivity index is 1.97. The van der Waals surface area contributed by atoms with Crippen LogP contribution in [0.3, 0.4) is 0 Å². The number of benzene rings is 1. The van der Waals surface area contributed by atoms with Crippen molar-refractivity contribution in [1.29, 1.82) is 0 Å². The number of hydrogen-bond donors (Lipinski definition) is 2. The number of likely N-dealkylation sites (tertiary alicyclic amines) is 1. The molecule has 1 atom stereocenters. The number of aliphatic hydroxyl groups is 1. The van der Waals surface area contributed by atoms with Gasteiger partial charge in [-0.05, 0) is 25.7 Å². The number of aliphatic hydroxyl groups excluding tert-OH is 1. The van der Waals surface area contributed by atoms with Gasteiger partial charge in [0.2, 0.25) is 0 Å². The Morgan fingerprint density at radius 2 is 1.74 bits per heavy atom. The van der Waals surface area contributed by atoms with Crippen LogP contribution < -0.4 is 5.32 Å². The first kappa shape index (κ1) is 17.3. The highest BCUT2D eigenvalue weighted by Gasteiger charge is 2.29. The summed E-state index contributed by atoms with van der Waals surface area (Å²) in [5.74, 6) is -6.36. The van der Waals surface area contributed by atoms with Crippen molar-refractivity contribution in [2.24, 2.45) is 5.92 Å². The van der Waals surface area contributed by atoms with Crippen molar-refractivity contribution >= 4 is 17.5 Å². The standard InChI is InChI=1S/C15H17F3N2O3/c1-8(21)9-2-4-20(5-3-9)15(23)14(22)19-10-6-11(16)13(18)12(17)7-10/h6-9,21H,2-5H2,1H3,(H,19,22). The van der Waals surface area contributed by atoms with Crippen LogP contribution in [0.5, 0.6) is 0 Å². The number of rotatable bonds is 2. The lowest BCUT2D eigenvalue weighted by molar-refractivity contribution is -0.144. The van der Waals surface area contributed by atoms with Crippen molar-refractivity contribution < 1.29 is 27.9 Å². The van der Waals surface area contributed by atoms with Gasteiger partial charge in [0.15, 0.2) is 17.5 Å². The summed E-state index contributed by atoms with van der Waals surface area (Å²) in [6.07, 6.45) is 0.652. The molecule has 2 rings (SSSR count). The van der Waals surface area contributed by atoms with Gasteiger partial charge in [-0.2, -0.15) is 0 Å². The summed E-state index contributed by atoms with van der Waals surface area (Å²) in [7, 11) is 0. The third-order valence-electron chi connectivity index (χ3n) is 3.94. The van der Waals surface area contributed by atoms with Crippen LogP contribution in [-0.2, 0) is 9.59 Å². The van der Waals surface area contributed by atoms with Crippen molar-refractivity contribution in [3.8, 4) is 0 Å². The van der Waals surface area contributed by atoms with Crippen molar-refractivity contribution in [1.82, 2.24) is 4.90 Å². The first-order valence-corrected chi connectivity index (χ1v) is 7.22. The third kappa shape index (κ3) is 4.01. The fraction of sp³-hybridized carbons (Fsp3) is 0.467. The molecule has 1 heterocycles. The summed E-state index contributed by atoms with van der Waals surface area (Å²) in [4.78, 5) is 25.2. The molecule has 23 heavy (non-hydrogen) atoms. The number of carbonyl (C=O) groups is 2. The predicted molar refractivity (Wildman–Crippen MR) is 75.9 cm³/mol. The van der Waals surface area contributed by atoms with Crippen LogP contribution in [0.2, 0.25) is 0 Å². The maximum Gasteiger partial charge on any atom is 0.313 e. The van der Waals surface area contributed by atoms with E-state index in [0.717, 1.165) is 0 Å². The Hall–Kier alpha value is -2.09. The molecule has 5 nitrogen and oxygen atoms in total. The first-order valence-electron chi connectivity index (χ1n) is 7.22. The monoisotopic (exact) mass is 330 g/mol. The number of anilines is 1. The van der Waals surface area contributed by atoms with Gasteiger partial charge >= 0.3 is 11.8 Å².